The van der Waals surface area contributed by atoms with Crippen LogP contribution in [0.4, 0.5) is 15.3 Å². The lowest BCUT2D eigenvalue weighted by Crippen LogP contribution is -2.42. The molecule has 6 heteroatoms. The molecule has 136 valence electrons. The molecule has 0 heterocycles. The molecule has 6 nitrogen and oxygen atoms in total. The molecule has 2 bridgehead atoms. The van der Waals surface area contributed by atoms with Crippen molar-refractivity contribution in [3.63, 3.8) is 0 Å². The van der Waals surface area contributed by atoms with E-state index in [1.54, 1.807) is 31.2 Å². The second kappa shape index (κ2) is 7.76. The van der Waals surface area contributed by atoms with Crippen LogP contribution < -0.4 is 15.4 Å². The Morgan fingerprint density at radius 1 is 1.20 bits per heavy atom. The van der Waals surface area contributed by atoms with E-state index in [1.165, 1.54) is 25.7 Å². The van der Waals surface area contributed by atoms with Gasteiger partial charge in [0.15, 0.2) is 0 Å². The summed E-state index contributed by atoms with van der Waals surface area (Å²) in [6.45, 7) is 4.07. The number of hydrogen-bond donors (Lipinski definition) is 2. The van der Waals surface area contributed by atoms with E-state index in [4.69, 9.17) is 9.47 Å². The van der Waals surface area contributed by atoms with Gasteiger partial charge in [-0.3, -0.25) is 0 Å². The molecule has 2 aliphatic carbocycles. The van der Waals surface area contributed by atoms with Gasteiger partial charge in [0.2, 0.25) is 0 Å². The fraction of sp³-hybridized carbons (Fsp3) is 0.579. The SMILES string of the molecule is CCOC(=O)Oc1ccc(NC(=O)NC(C)C2CC3CCC2C3)cc1. The molecule has 3 rings (SSSR count). The average Bonchev–Trinajstić information content (AvgIpc) is 3.20. The van der Waals surface area contributed by atoms with E-state index in [0.717, 1.165) is 11.8 Å². The first-order chi connectivity index (χ1) is 12.0. The normalized spacial score (nSPS) is 25.3. The lowest BCUT2D eigenvalue weighted by molar-refractivity contribution is 0.104. The van der Waals surface area contributed by atoms with Crippen LogP contribution >= 0.6 is 0 Å². The van der Waals surface area contributed by atoms with Crippen molar-refractivity contribution in [2.75, 3.05) is 11.9 Å². The van der Waals surface area contributed by atoms with Crippen LogP contribution in [0.15, 0.2) is 24.3 Å². The van der Waals surface area contributed by atoms with Crippen molar-refractivity contribution in [1.29, 1.82) is 0 Å². The standard InChI is InChI=1S/C19H26N2O4/c1-3-24-19(23)25-16-8-6-15(7-9-16)21-18(22)20-12(2)17-11-13-4-5-14(17)10-13/h6-9,12-14,17H,3-5,10-11H2,1-2H3,(H2,20,21,22). The van der Waals surface area contributed by atoms with E-state index >= 15 is 0 Å². The summed E-state index contributed by atoms with van der Waals surface area (Å²) in [6, 6.07) is 6.60. The van der Waals surface area contributed by atoms with Crippen LogP contribution in [0.2, 0.25) is 0 Å². The highest BCUT2D eigenvalue weighted by molar-refractivity contribution is 5.89. The van der Waals surface area contributed by atoms with Crippen molar-refractivity contribution in [3.8, 4) is 5.75 Å². The third kappa shape index (κ3) is 4.44. The zero-order valence-corrected chi connectivity index (χ0v) is 14.8. The molecule has 1 aromatic carbocycles. The smallest absolute Gasteiger partial charge is 0.434 e. The zero-order chi connectivity index (χ0) is 17.8. The number of anilines is 1. The molecule has 0 aliphatic heterocycles. The minimum absolute atomic E-state index is 0.182. The van der Waals surface area contributed by atoms with Crippen LogP contribution in [-0.2, 0) is 4.74 Å². The summed E-state index contributed by atoms with van der Waals surface area (Å²) < 4.78 is 9.70. The van der Waals surface area contributed by atoms with Crippen molar-refractivity contribution in [2.45, 2.75) is 45.6 Å². The highest BCUT2D eigenvalue weighted by Crippen LogP contribution is 2.49. The number of amides is 2. The highest BCUT2D eigenvalue weighted by atomic mass is 16.7. The number of carbonyl (C=O) groups is 2. The van der Waals surface area contributed by atoms with E-state index in [9.17, 15) is 9.59 Å². The van der Waals surface area contributed by atoms with Crippen molar-refractivity contribution in [2.24, 2.45) is 17.8 Å². The zero-order valence-electron chi connectivity index (χ0n) is 14.8. The van der Waals surface area contributed by atoms with Crippen LogP contribution in [-0.4, -0.2) is 24.8 Å². The molecule has 4 unspecified atom stereocenters. The maximum absolute atomic E-state index is 12.2. The largest absolute Gasteiger partial charge is 0.513 e. The van der Waals surface area contributed by atoms with Gasteiger partial charge >= 0.3 is 12.2 Å². The van der Waals surface area contributed by atoms with E-state index in [1.807, 2.05) is 0 Å². The third-order valence-electron chi connectivity index (χ3n) is 5.37. The van der Waals surface area contributed by atoms with Gasteiger partial charge in [-0.15, -0.1) is 0 Å². The monoisotopic (exact) mass is 346 g/mol. The number of ether oxygens (including phenoxy) is 2. The summed E-state index contributed by atoms with van der Waals surface area (Å²) in [5.74, 6) is 2.62. The van der Waals surface area contributed by atoms with Gasteiger partial charge in [0.05, 0.1) is 6.61 Å². The summed E-state index contributed by atoms with van der Waals surface area (Å²) >= 11 is 0. The van der Waals surface area contributed by atoms with Gasteiger partial charge in [0, 0.05) is 11.7 Å². The topological polar surface area (TPSA) is 76.7 Å². The first kappa shape index (κ1) is 17.6. The number of urea groups is 1. The molecule has 2 saturated carbocycles. The van der Waals surface area contributed by atoms with Crippen LogP contribution in [0.3, 0.4) is 0 Å². The lowest BCUT2D eigenvalue weighted by atomic mass is 9.84. The number of fused-ring (bicyclic) bond motifs is 2. The van der Waals surface area contributed by atoms with Gasteiger partial charge in [-0.05, 0) is 75.1 Å². The molecule has 2 aliphatic rings. The molecule has 2 N–H and O–H groups in total. The molecule has 0 saturated heterocycles. The quantitative estimate of drug-likeness (QED) is 0.620. The molecule has 1 aromatic rings. The fourth-order valence-electron chi connectivity index (χ4n) is 4.24. The Balaban J connectivity index is 1.47. The Hall–Kier alpha value is -2.24. The lowest BCUT2D eigenvalue weighted by Gasteiger charge is -2.28. The Labute approximate surface area is 148 Å². The molecular formula is C19H26N2O4. The Morgan fingerprint density at radius 3 is 2.56 bits per heavy atom. The van der Waals surface area contributed by atoms with E-state index in [-0.39, 0.29) is 18.7 Å². The van der Waals surface area contributed by atoms with Crippen LogP contribution in [0.25, 0.3) is 0 Å². The first-order valence-corrected chi connectivity index (χ1v) is 9.07. The molecule has 2 amide bonds. The second-order valence-corrected chi connectivity index (χ2v) is 7.04. The maximum atomic E-state index is 12.2. The van der Waals surface area contributed by atoms with Crippen LogP contribution in [0.5, 0.6) is 5.75 Å². The van der Waals surface area contributed by atoms with E-state index in [0.29, 0.717) is 17.4 Å². The Kier molecular flexibility index (Phi) is 5.46. The molecule has 2 fully saturated rings. The summed E-state index contributed by atoms with van der Waals surface area (Å²) in [6.07, 6.45) is 4.51. The summed E-state index contributed by atoms with van der Waals surface area (Å²) in [5.41, 5.74) is 0.647. The summed E-state index contributed by atoms with van der Waals surface area (Å²) in [4.78, 5) is 23.5. The maximum Gasteiger partial charge on any atom is 0.513 e. The average molecular weight is 346 g/mol. The number of carbonyl (C=O) groups excluding carboxylic acids is 2. The van der Waals surface area contributed by atoms with Crippen LogP contribution in [0.1, 0.15) is 39.5 Å². The molecule has 25 heavy (non-hydrogen) atoms. The minimum atomic E-state index is -0.736. The van der Waals surface area contributed by atoms with Gasteiger partial charge < -0.3 is 20.1 Å². The number of rotatable bonds is 5. The van der Waals surface area contributed by atoms with Crippen molar-refractivity contribution in [1.82, 2.24) is 5.32 Å². The van der Waals surface area contributed by atoms with Crippen LogP contribution in [0, 0.1) is 17.8 Å². The van der Waals surface area contributed by atoms with Crippen molar-refractivity contribution in [3.05, 3.63) is 24.3 Å². The van der Waals surface area contributed by atoms with Gasteiger partial charge in [-0.1, -0.05) is 6.42 Å². The Morgan fingerprint density at radius 2 is 1.96 bits per heavy atom. The highest BCUT2D eigenvalue weighted by Gasteiger charge is 2.42. The molecule has 0 spiro atoms. The van der Waals surface area contributed by atoms with Gasteiger partial charge in [-0.25, -0.2) is 9.59 Å². The summed E-state index contributed by atoms with van der Waals surface area (Å²) in [7, 11) is 0. The van der Waals surface area contributed by atoms with Gasteiger partial charge in [0.1, 0.15) is 5.75 Å². The van der Waals surface area contributed by atoms with Crippen molar-refractivity contribution < 1.29 is 19.1 Å². The second-order valence-electron chi connectivity index (χ2n) is 7.04. The first-order valence-electron chi connectivity index (χ1n) is 9.07. The number of hydrogen-bond acceptors (Lipinski definition) is 4. The minimum Gasteiger partial charge on any atom is -0.434 e. The molecule has 0 aromatic heterocycles. The molecule has 0 radical (unpaired) electrons. The van der Waals surface area contributed by atoms with Gasteiger partial charge in [-0.2, -0.15) is 0 Å². The van der Waals surface area contributed by atoms with Crippen molar-refractivity contribution >= 4 is 17.9 Å². The predicted molar refractivity (Wildman–Crippen MR) is 94.6 cm³/mol. The Bertz CT molecular complexity index is 616. The third-order valence-corrected chi connectivity index (χ3v) is 5.37. The van der Waals surface area contributed by atoms with Gasteiger partial charge in [0.25, 0.3) is 0 Å². The fourth-order valence-corrected chi connectivity index (χ4v) is 4.24. The molecule has 4 atom stereocenters. The van der Waals surface area contributed by atoms with E-state index in [2.05, 4.69) is 17.6 Å². The number of benzene rings is 1. The van der Waals surface area contributed by atoms with E-state index < -0.39 is 6.16 Å². The predicted octanol–water partition coefficient (Wildman–Crippen LogP) is 4.17. The number of nitrogens with one attached hydrogen (secondary N) is 2. The molecular weight excluding hydrogens is 320 g/mol. The summed E-state index contributed by atoms with van der Waals surface area (Å²) in [5, 5.41) is 5.89.